The summed E-state index contributed by atoms with van der Waals surface area (Å²) in [4.78, 5) is 0. The number of hydrogen-bond acceptors (Lipinski definition) is 0. The minimum atomic E-state index is -1.77. The third-order valence-electron chi connectivity index (χ3n) is 1.44. The average Bonchev–Trinajstić information content (AvgIpc) is 1.84. The highest BCUT2D eigenvalue weighted by Crippen LogP contribution is 2.27. The maximum Gasteiger partial charge on any atom is 0.158 e. The van der Waals surface area contributed by atoms with Crippen LogP contribution in [0.15, 0.2) is 23.3 Å². The van der Waals surface area contributed by atoms with Gasteiger partial charge in [-0.25, -0.2) is 13.2 Å². The van der Waals surface area contributed by atoms with Crippen molar-refractivity contribution in [3.63, 3.8) is 0 Å². The van der Waals surface area contributed by atoms with Crippen LogP contribution in [0, 0.1) is 0 Å². The Balaban J connectivity index is 2.88. The van der Waals surface area contributed by atoms with Crippen LogP contribution in [0.25, 0.3) is 0 Å². The molecule has 0 aromatic carbocycles. The Kier molecular flexibility index (Phi) is 1.83. The molecule has 0 amide bonds. The molecule has 0 spiro atoms. The van der Waals surface area contributed by atoms with Gasteiger partial charge in [-0.3, -0.25) is 0 Å². The summed E-state index contributed by atoms with van der Waals surface area (Å²) < 4.78 is 37.0. The van der Waals surface area contributed by atoms with E-state index in [-0.39, 0.29) is 5.57 Å². The normalized spacial score (nSPS) is 26.8. The average molecular weight is 148 g/mol. The van der Waals surface area contributed by atoms with Crippen LogP contribution in [0.4, 0.5) is 13.2 Å². The van der Waals surface area contributed by atoms with E-state index >= 15 is 0 Å². The number of alkyl halides is 1. The van der Waals surface area contributed by atoms with Crippen molar-refractivity contribution in [2.24, 2.45) is 0 Å². The molecular formula is C7H7F3. The number of halogens is 3. The predicted molar refractivity (Wildman–Crippen MR) is 32.5 cm³/mol. The summed E-state index contributed by atoms with van der Waals surface area (Å²) >= 11 is 0. The van der Waals surface area contributed by atoms with E-state index in [1.807, 2.05) is 0 Å². The van der Waals surface area contributed by atoms with Crippen LogP contribution >= 0.6 is 0 Å². The van der Waals surface area contributed by atoms with Gasteiger partial charge in [-0.1, -0.05) is 0 Å². The lowest BCUT2D eigenvalue weighted by atomic mass is 10.1. The van der Waals surface area contributed by atoms with Gasteiger partial charge in [-0.05, 0) is 18.6 Å². The van der Waals surface area contributed by atoms with Gasteiger partial charge in [-0.15, -0.1) is 0 Å². The van der Waals surface area contributed by atoms with Gasteiger partial charge in [0.05, 0.1) is 0 Å². The van der Waals surface area contributed by atoms with Crippen molar-refractivity contribution in [1.29, 1.82) is 0 Å². The molecule has 0 aliphatic heterocycles. The summed E-state index contributed by atoms with van der Waals surface area (Å²) in [5.41, 5.74) is 0.186. The fourth-order valence-corrected chi connectivity index (χ4v) is 0.791. The fraction of sp³-hybridized carbons (Fsp3) is 0.429. The zero-order valence-corrected chi connectivity index (χ0v) is 5.50. The number of allylic oxidation sites excluding steroid dienone is 4. The third kappa shape index (κ3) is 1.23. The predicted octanol–water partition coefficient (Wildman–Crippen LogP) is 2.83. The first-order valence-corrected chi connectivity index (χ1v) is 2.97. The lowest BCUT2D eigenvalue weighted by molar-refractivity contribution is 0.301. The second kappa shape index (κ2) is 2.48. The molecule has 56 valence electrons. The third-order valence-corrected chi connectivity index (χ3v) is 1.44. The molecule has 0 fully saturated rings. The van der Waals surface area contributed by atoms with Gasteiger partial charge in [0.25, 0.3) is 0 Å². The molecule has 1 rings (SSSR count). The molecule has 0 saturated carbocycles. The van der Waals surface area contributed by atoms with Crippen molar-refractivity contribution in [2.75, 3.05) is 0 Å². The molecule has 0 N–H and O–H groups in total. The van der Waals surface area contributed by atoms with Crippen LogP contribution in [0.2, 0.25) is 0 Å². The molecule has 0 nitrogen and oxygen atoms in total. The molecule has 0 aromatic heterocycles. The Labute approximate surface area is 57.0 Å². The first-order valence-electron chi connectivity index (χ1n) is 2.97. The SMILES string of the molecule is CC1=C(F)CC(F)C(F)=C1. The van der Waals surface area contributed by atoms with Crippen molar-refractivity contribution < 1.29 is 13.2 Å². The Morgan fingerprint density at radius 3 is 2.60 bits per heavy atom. The van der Waals surface area contributed by atoms with Gasteiger partial charge < -0.3 is 0 Å². The Morgan fingerprint density at radius 2 is 2.10 bits per heavy atom. The van der Waals surface area contributed by atoms with Gasteiger partial charge in [0, 0.05) is 6.42 Å². The van der Waals surface area contributed by atoms with Crippen LogP contribution < -0.4 is 0 Å². The van der Waals surface area contributed by atoms with Gasteiger partial charge >= 0.3 is 0 Å². The van der Waals surface area contributed by atoms with Crippen LogP contribution in [-0.4, -0.2) is 6.17 Å². The summed E-state index contributed by atoms with van der Waals surface area (Å²) in [6.45, 7) is 1.42. The van der Waals surface area contributed by atoms with Gasteiger partial charge in [0.15, 0.2) is 6.17 Å². The van der Waals surface area contributed by atoms with E-state index in [0.717, 1.165) is 6.08 Å². The summed E-state index contributed by atoms with van der Waals surface area (Å²) in [5, 5.41) is 0. The molecule has 0 saturated heterocycles. The maximum absolute atomic E-state index is 12.4. The van der Waals surface area contributed by atoms with Crippen molar-refractivity contribution in [3.8, 4) is 0 Å². The summed E-state index contributed by atoms with van der Waals surface area (Å²) in [6, 6.07) is 0. The summed E-state index contributed by atoms with van der Waals surface area (Å²) in [7, 11) is 0. The van der Waals surface area contributed by atoms with Crippen molar-refractivity contribution in [1.82, 2.24) is 0 Å². The molecule has 1 unspecified atom stereocenters. The fourth-order valence-electron chi connectivity index (χ4n) is 0.791. The van der Waals surface area contributed by atoms with Gasteiger partial charge in [0.2, 0.25) is 0 Å². The molecule has 0 aromatic rings. The Hall–Kier alpha value is -0.730. The van der Waals surface area contributed by atoms with E-state index in [1.165, 1.54) is 6.92 Å². The highest BCUT2D eigenvalue weighted by atomic mass is 19.2. The topological polar surface area (TPSA) is 0 Å². The van der Waals surface area contributed by atoms with E-state index in [4.69, 9.17) is 0 Å². The maximum atomic E-state index is 12.4. The van der Waals surface area contributed by atoms with Crippen molar-refractivity contribution >= 4 is 0 Å². The monoisotopic (exact) mass is 148 g/mol. The second-order valence-electron chi connectivity index (χ2n) is 2.29. The van der Waals surface area contributed by atoms with E-state index in [0.29, 0.717) is 0 Å². The highest BCUT2D eigenvalue weighted by Gasteiger charge is 2.20. The van der Waals surface area contributed by atoms with E-state index in [2.05, 4.69) is 0 Å². The summed E-state index contributed by atoms with van der Waals surface area (Å²) in [6.07, 6.45) is -1.33. The van der Waals surface area contributed by atoms with Crippen LogP contribution in [0.5, 0.6) is 0 Å². The smallest absolute Gasteiger partial charge is 0.158 e. The first-order chi connectivity index (χ1) is 4.61. The van der Waals surface area contributed by atoms with Crippen molar-refractivity contribution in [3.05, 3.63) is 23.3 Å². The number of hydrogen-bond donors (Lipinski definition) is 0. The van der Waals surface area contributed by atoms with Crippen molar-refractivity contribution in [2.45, 2.75) is 19.5 Å². The second-order valence-corrected chi connectivity index (χ2v) is 2.29. The number of rotatable bonds is 0. The molecule has 10 heavy (non-hydrogen) atoms. The van der Waals surface area contributed by atoms with Crippen LogP contribution in [-0.2, 0) is 0 Å². The minimum Gasteiger partial charge on any atom is -0.239 e. The Bertz CT molecular complexity index is 203. The molecule has 1 aliphatic rings. The van der Waals surface area contributed by atoms with E-state index in [9.17, 15) is 13.2 Å². The zero-order chi connectivity index (χ0) is 7.72. The van der Waals surface area contributed by atoms with Gasteiger partial charge in [-0.2, -0.15) is 0 Å². The quantitative estimate of drug-likeness (QED) is 0.495. The highest BCUT2D eigenvalue weighted by molar-refractivity contribution is 5.28. The van der Waals surface area contributed by atoms with Crippen LogP contribution in [0.3, 0.4) is 0 Å². The van der Waals surface area contributed by atoms with E-state index in [1.54, 1.807) is 0 Å². The van der Waals surface area contributed by atoms with E-state index < -0.39 is 24.2 Å². The molecule has 0 radical (unpaired) electrons. The molecule has 0 bridgehead atoms. The molecule has 1 atom stereocenters. The van der Waals surface area contributed by atoms with Crippen LogP contribution in [0.1, 0.15) is 13.3 Å². The molecular weight excluding hydrogens is 141 g/mol. The summed E-state index contributed by atoms with van der Waals surface area (Å²) in [5.74, 6) is -1.44. The molecule has 1 aliphatic carbocycles. The minimum absolute atomic E-state index is 0.186. The zero-order valence-electron chi connectivity index (χ0n) is 5.50. The lowest BCUT2D eigenvalue weighted by Gasteiger charge is -2.10. The Morgan fingerprint density at radius 1 is 1.50 bits per heavy atom. The lowest BCUT2D eigenvalue weighted by Crippen LogP contribution is -2.06. The first kappa shape index (κ1) is 7.38. The van der Waals surface area contributed by atoms with Gasteiger partial charge in [0.1, 0.15) is 11.7 Å². The standard InChI is InChI=1S/C7H7F3/c1-4-2-6(9)7(10)3-5(4)8/h2,7H,3H2,1H3. The largest absolute Gasteiger partial charge is 0.239 e. The molecule has 0 heterocycles. The molecule has 3 heteroatoms.